The first-order chi connectivity index (χ1) is 12.5. The lowest BCUT2D eigenvalue weighted by molar-refractivity contribution is 0.171. The van der Waals surface area contributed by atoms with E-state index in [1.54, 1.807) is 12.1 Å². The van der Waals surface area contributed by atoms with E-state index < -0.39 is 9.84 Å². The molecule has 9 heteroatoms. The highest BCUT2D eigenvalue weighted by Gasteiger charge is 2.21. The molecular formula is C17H14ClNO5S2. The van der Waals surface area contributed by atoms with E-state index in [-0.39, 0.29) is 11.5 Å². The molecule has 3 heterocycles. The molecule has 26 heavy (non-hydrogen) atoms. The van der Waals surface area contributed by atoms with Gasteiger partial charge in [0.15, 0.2) is 21.3 Å². The Hall–Kier alpha value is -2.03. The van der Waals surface area contributed by atoms with Crippen molar-refractivity contribution in [3.05, 3.63) is 52.2 Å². The number of hydrogen-bond donors (Lipinski definition) is 0. The first-order valence-electron chi connectivity index (χ1n) is 7.77. The van der Waals surface area contributed by atoms with Crippen LogP contribution in [0.4, 0.5) is 0 Å². The summed E-state index contributed by atoms with van der Waals surface area (Å²) < 4.78 is 41.4. The Morgan fingerprint density at radius 2 is 2.04 bits per heavy atom. The maximum absolute atomic E-state index is 12.6. The monoisotopic (exact) mass is 411 g/mol. The van der Waals surface area contributed by atoms with Crippen molar-refractivity contribution in [3.63, 3.8) is 0 Å². The van der Waals surface area contributed by atoms with Crippen LogP contribution in [0.5, 0.6) is 11.5 Å². The Morgan fingerprint density at radius 3 is 2.85 bits per heavy atom. The summed E-state index contributed by atoms with van der Waals surface area (Å²) in [5, 5.41) is 2.25. The maximum Gasteiger partial charge on any atom is 0.236 e. The predicted octanol–water partition coefficient (Wildman–Crippen LogP) is 3.94. The molecule has 0 fully saturated rings. The SMILES string of the molecule is O=S(=O)(Cc1cc(Cl)c2c(c1)OCCO2)Cc1coc(-c2cccs2)n1. The first kappa shape index (κ1) is 17.4. The molecule has 2 aromatic heterocycles. The van der Waals surface area contributed by atoms with Gasteiger partial charge in [-0.3, -0.25) is 0 Å². The number of thiophene rings is 1. The number of rotatable bonds is 5. The lowest BCUT2D eigenvalue weighted by atomic mass is 10.2. The summed E-state index contributed by atoms with van der Waals surface area (Å²) in [7, 11) is -3.46. The van der Waals surface area contributed by atoms with Crippen molar-refractivity contribution in [2.24, 2.45) is 0 Å². The fourth-order valence-corrected chi connectivity index (χ4v) is 4.97. The van der Waals surface area contributed by atoms with Crippen LogP contribution in [0.25, 0.3) is 10.8 Å². The Labute approximate surface area is 159 Å². The molecule has 136 valence electrons. The van der Waals surface area contributed by atoms with E-state index in [9.17, 15) is 8.42 Å². The van der Waals surface area contributed by atoms with Crippen LogP contribution in [-0.2, 0) is 21.3 Å². The molecule has 6 nitrogen and oxygen atoms in total. The number of fused-ring (bicyclic) bond motifs is 1. The van der Waals surface area contributed by atoms with Crippen molar-refractivity contribution in [2.75, 3.05) is 13.2 Å². The van der Waals surface area contributed by atoms with Crippen LogP contribution in [0, 0.1) is 0 Å². The van der Waals surface area contributed by atoms with E-state index >= 15 is 0 Å². The molecular weight excluding hydrogens is 398 g/mol. The van der Waals surface area contributed by atoms with Gasteiger partial charge >= 0.3 is 0 Å². The summed E-state index contributed by atoms with van der Waals surface area (Å²) in [4.78, 5) is 5.12. The van der Waals surface area contributed by atoms with Crippen LogP contribution in [0.3, 0.4) is 0 Å². The molecule has 0 aliphatic carbocycles. The van der Waals surface area contributed by atoms with Crippen LogP contribution in [0.15, 0.2) is 40.3 Å². The fraction of sp³-hybridized carbons (Fsp3) is 0.235. The lowest BCUT2D eigenvalue weighted by Crippen LogP contribution is -2.16. The standard InChI is InChI=1S/C17H14ClNO5S2/c18-13-6-11(7-14-16(13)23-4-3-22-14)9-26(20,21)10-12-8-24-17(19-12)15-2-1-5-25-15/h1-2,5-8H,3-4,9-10H2. The maximum atomic E-state index is 12.6. The molecule has 0 unspecified atom stereocenters. The third-order valence-electron chi connectivity index (χ3n) is 3.69. The van der Waals surface area contributed by atoms with E-state index in [1.807, 2.05) is 17.5 Å². The largest absolute Gasteiger partial charge is 0.486 e. The summed E-state index contributed by atoms with van der Waals surface area (Å²) >= 11 is 7.65. The third-order valence-corrected chi connectivity index (χ3v) is 6.34. The summed E-state index contributed by atoms with van der Waals surface area (Å²) in [5.74, 6) is 0.956. The molecule has 4 rings (SSSR count). The third kappa shape index (κ3) is 3.72. The zero-order chi connectivity index (χ0) is 18.1. The second-order valence-corrected chi connectivity index (χ2v) is 9.17. The number of nitrogens with zero attached hydrogens (tertiary/aromatic N) is 1. The van der Waals surface area contributed by atoms with Gasteiger partial charge in [0.2, 0.25) is 5.89 Å². The number of aromatic nitrogens is 1. The predicted molar refractivity (Wildman–Crippen MR) is 98.6 cm³/mol. The van der Waals surface area contributed by atoms with Gasteiger partial charge in [0.05, 0.1) is 27.1 Å². The Kier molecular flexibility index (Phi) is 4.64. The molecule has 0 spiro atoms. The Bertz CT molecular complexity index is 1030. The molecule has 0 saturated heterocycles. The summed E-state index contributed by atoms with van der Waals surface area (Å²) in [6.07, 6.45) is 1.38. The van der Waals surface area contributed by atoms with Gasteiger partial charge in [-0.25, -0.2) is 13.4 Å². The summed E-state index contributed by atoms with van der Waals surface area (Å²) in [6.45, 7) is 0.826. The van der Waals surface area contributed by atoms with E-state index in [4.69, 9.17) is 25.5 Å². The number of halogens is 1. The molecule has 0 amide bonds. The van der Waals surface area contributed by atoms with Gasteiger partial charge in [-0.05, 0) is 29.1 Å². The van der Waals surface area contributed by atoms with Gasteiger partial charge in [0, 0.05) is 0 Å². The molecule has 1 aliphatic rings. The minimum Gasteiger partial charge on any atom is -0.486 e. The smallest absolute Gasteiger partial charge is 0.236 e. The van der Waals surface area contributed by atoms with Crippen molar-refractivity contribution in [1.82, 2.24) is 4.98 Å². The highest BCUT2D eigenvalue weighted by atomic mass is 35.5. The molecule has 1 aliphatic heterocycles. The summed E-state index contributed by atoms with van der Waals surface area (Å²) in [5.41, 5.74) is 0.915. The van der Waals surface area contributed by atoms with Crippen LogP contribution >= 0.6 is 22.9 Å². The number of hydrogen-bond acceptors (Lipinski definition) is 7. The molecule has 3 aromatic rings. The van der Waals surface area contributed by atoms with E-state index in [0.29, 0.717) is 46.9 Å². The van der Waals surface area contributed by atoms with Gasteiger partial charge in [-0.2, -0.15) is 0 Å². The van der Waals surface area contributed by atoms with Gasteiger partial charge in [0.25, 0.3) is 0 Å². The molecule has 0 atom stereocenters. The topological polar surface area (TPSA) is 78.6 Å². The molecule has 0 radical (unpaired) electrons. The normalized spacial score (nSPS) is 13.7. The number of ether oxygens (including phenoxy) is 2. The zero-order valence-electron chi connectivity index (χ0n) is 13.5. The van der Waals surface area contributed by atoms with Crippen LogP contribution in [-0.4, -0.2) is 26.6 Å². The highest BCUT2D eigenvalue weighted by Crippen LogP contribution is 2.38. The number of oxazole rings is 1. The molecule has 0 N–H and O–H groups in total. The van der Waals surface area contributed by atoms with Gasteiger partial charge in [-0.1, -0.05) is 17.7 Å². The van der Waals surface area contributed by atoms with Crippen molar-refractivity contribution in [1.29, 1.82) is 0 Å². The summed E-state index contributed by atoms with van der Waals surface area (Å²) in [6, 6.07) is 6.99. The second-order valence-electron chi connectivity index (χ2n) is 5.76. The van der Waals surface area contributed by atoms with Crippen molar-refractivity contribution in [3.8, 4) is 22.3 Å². The number of benzene rings is 1. The quantitative estimate of drug-likeness (QED) is 0.632. The van der Waals surface area contributed by atoms with Gasteiger partial charge in [-0.15, -0.1) is 11.3 Å². The van der Waals surface area contributed by atoms with Crippen molar-refractivity contribution >= 4 is 32.8 Å². The molecule has 1 aromatic carbocycles. The second kappa shape index (κ2) is 6.94. The molecule has 0 saturated carbocycles. The van der Waals surface area contributed by atoms with Crippen LogP contribution in [0.1, 0.15) is 11.3 Å². The van der Waals surface area contributed by atoms with E-state index in [2.05, 4.69) is 4.98 Å². The minimum absolute atomic E-state index is 0.176. The highest BCUT2D eigenvalue weighted by molar-refractivity contribution is 7.89. The average molecular weight is 412 g/mol. The van der Waals surface area contributed by atoms with Crippen molar-refractivity contribution < 1.29 is 22.3 Å². The van der Waals surface area contributed by atoms with Crippen LogP contribution in [0.2, 0.25) is 5.02 Å². The van der Waals surface area contributed by atoms with Gasteiger partial charge in [0.1, 0.15) is 19.5 Å². The van der Waals surface area contributed by atoms with E-state index in [0.717, 1.165) is 4.88 Å². The van der Waals surface area contributed by atoms with Gasteiger partial charge < -0.3 is 13.9 Å². The Morgan fingerprint density at radius 1 is 1.19 bits per heavy atom. The van der Waals surface area contributed by atoms with E-state index in [1.165, 1.54) is 17.6 Å². The molecule has 0 bridgehead atoms. The number of sulfone groups is 1. The fourth-order valence-electron chi connectivity index (χ4n) is 2.66. The average Bonchev–Trinajstić information content (AvgIpc) is 3.25. The van der Waals surface area contributed by atoms with Crippen molar-refractivity contribution in [2.45, 2.75) is 11.5 Å². The first-order valence-corrected chi connectivity index (χ1v) is 10.8. The zero-order valence-corrected chi connectivity index (χ0v) is 15.9. The minimum atomic E-state index is -3.46. The lowest BCUT2D eigenvalue weighted by Gasteiger charge is -2.20. The Balaban J connectivity index is 1.52. The van der Waals surface area contributed by atoms with Crippen LogP contribution < -0.4 is 9.47 Å².